The fourth-order valence-corrected chi connectivity index (χ4v) is 3.84. The third kappa shape index (κ3) is 5.96. The minimum Gasteiger partial charge on any atom is -0.480 e. The first-order valence-corrected chi connectivity index (χ1v) is 11.6. The van der Waals surface area contributed by atoms with Crippen molar-refractivity contribution in [3.8, 4) is 0 Å². The first kappa shape index (κ1) is 23.5. The number of aliphatic carboxylic acids is 1. The third-order valence-electron chi connectivity index (χ3n) is 5.62. The van der Waals surface area contributed by atoms with Gasteiger partial charge in [-0.05, 0) is 36.3 Å². The maximum Gasteiger partial charge on any atom is 0.323 e. The largest absolute Gasteiger partial charge is 0.480 e. The van der Waals surface area contributed by atoms with Crippen LogP contribution in [0.2, 0.25) is 0 Å². The minimum absolute atomic E-state index is 0.195. The summed E-state index contributed by atoms with van der Waals surface area (Å²) < 4.78 is 1.53. The van der Waals surface area contributed by atoms with E-state index in [2.05, 4.69) is 70.6 Å². The van der Waals surface area contributed by atoms with Crippen LogP contribution in [0, 0.1) is 0 Å². The molecule has 1 aromatic carbocycles. The van der Waals surface area contributed by atoms with E-state index in [1.54, 1.807) is 0 Å². The SMILES string of the molecule is CCCCNc1nc(NCc2ccc(C(CC)CCC)cc2)nc2c1ncn2CC(=O)O. The molecule has 0 saturated carbocycles. The van der Waals surface area contributed by atoms with Gasteiger partial charge in [0.05, 0.1) is 6.33 Å². The average molecular weight is 439 g/mol. The summed E-state index contributed by atoms with van der Waals surface area (Å²) in [6, 6.07) is 8.72. The summed E-state index contributed by atoms with van der Waals surface area (Å²) in [4.78, 5) is 24.7. The van der Waals surface area contributed by atoms with Gasteiger partial charge in [-0.1, -0.05) is 57.9 Å². The molecule has 2 heterocycles. The second-order valence-corrected chi connectivity index (χ2v) is 8.10. The van der Waals surface area contributed by atoms with Crippen molar-refractivity contribution in [1.82, 2.24) is 19.5 Å². The van der Waals surface area contributed by atoms with Crippen LogP contribution in [0.25, 0.3) is 11.2 Å². The molecule has 8 nitrogen and oxygen atoms in total. The van der Waals surface area contributed by atoms with Crippen molar-refractivity contribution in [1.29, 1.82) is 0 Å². The van der Waals surface area contributed by atoms with Crippen LogP contribution in [0.15, 0.2) is 30.6 Å². The van der Waals surface area contributed by atoms with E-state index in [4.69, 9.17) is 0 Å². The molecule has 32 heavy (non-hydrogen) atoms. The molecule has 0 saturated heterocycles. The Morgan fingerprint density at radius 2 is 1.88 bits per heavy atom. The number of nitrogens with zero attached hydrogens (tertiary/aromatic N) is 4. The van der Waals surface area contributed by atoms with Crippen LogP contribution in [0.3, 0.4) is 0 Å². The maximum absolute atomic E-state index is 11.2. The highest BCUT2D eigenvalue weighted by Gasteiger charge is 2.15. The predicted octanol–water partition coefficient (Wildman–Crippen LogP) is 5.03. The predicted molar refractivity (Wildman–Crippen MR) is 128 cm³/mol. The number of unbranched alkanes of at least 4 members (excludes halogenated alkanes) is 1. The van der Waals surface area contributed by atoms with E-state index in [1.165, 1.54) is 29.3 Å². The zero-order chi connectivity index (χ0) is 22.9. The number of nitrogens with one attached hydrogen (secondary N) is 2. The highest BCUT2D eigenvalue weighted by Crippen LogP contribution is 2.25. The summed E-state index contributed by atoms with van der Waals surface area (Å²) in [5.74, 6) is 0.742. The minimum atomic E-state index is -0.938. The van der Waals surface area contributed by atoms with Gasteiger partial charge < -0.3 is 20.3 Å². The summed E-state index contributed by atoms with van der Waals surface area (Å²) in [6.07, 6.45) is 7.12. The number of fused-ring (bicyclic) bond motifs is 1. The Labute approximate surface area is 189 Å². The van der Waals surface area contributed by atoms with E-state index in [9.17, 15) is 9.90 Å². The molecule has 172 valence electrons. The molecular weight excluding hydrogens is 404 g/mol. The zero-order valence-electron chi connectivity index (χ0n) is 19.3. The lowest BCUT2D eigenvalue weighted by atomic mass is 9.91. The van der Waals surface area contributed by atoms with Gasteiger partial charge in [0, 0.05) is 13.1 Å². The first-order chi connectivity index (χ1) is 15.5. The Morgan fingerprint density at radius 3 is 2.53 bits per heavy atom. The van der Waals surface area contributed by atoms with Crippen molar-refractivity contribution in [2.24, 2.45) is 0 Å². The van der Waals surface area contributed by atoms with E-state index >= 15 is 0 Å². The van der Waals surface area contributed by atoms with Crippen LogP contribution in [0.1, 0.15) is 69.9 Å². The molecule has 0 bridgehead atoms. The van der Waals surface area contributed by atoms with Crippen molar-refractivity contribution in [2.75, 3.05) is 17.2 Å². The number of hydrogen-bond acceptors (Lipinski definition) is 6. The van der Waals surface area contributed by atoms with Gasteiger partial charge in [-0.25, -0.2) is 4.98 Å². The van der Waals surface area contributed by atoms with E-state index in [0.29, 0.717) is 35.4 Å². The smallest absolute Gasteiger partial charge is 0.323 e. The van der Waals surface area contributed by atoms with Gasteiger partial charge in [-0.3, -0.25) is 4.79 Å². The second kappa shape index (κ2) is 11.5. The van der Waals surface area contributed by atoms with E-state index in [1.807, 2.05) is 0 Å². The van der Waals surface area contributed by atoms with Gasteiger partial charge in [-0.15, -0.1) is 0 Å². The Balaban J connectivity index is 1.79. The first-order valence-electron chi connectivity index (χ1n) is 11.6. The standard InChI is InChI=1S/C24H34N6O2/c1-4-7-13-25-22-21-23(30(16-27-21)15-20(31)32)29-24(28-22)26-14-17-9-11-19(12-10-17)18(6-3)8-5-2/h9-12,16,18H,4-8,13-15H2,1-3H3,(H,31,32)(H2,25,26,28,29). The molecular formula is C24H34N6O2. The van der Waals surface area contributed by atoms with Crippen LogP contribution in [-0.4, -0.2) is 37.1 Å². The number of hydrogen-bond donors (Lipinski definition) is 3. The van der Waals surface area contributed by atoms with Gasteiger partial charge >= 0.3 is 5.97 Å². The van der Waals surface area contributed by atoms with Crippen LogP contribution >= 0.6 is 0 Å². The van der Waals surface area contributed by atoms with Crippen LogP contribution in [0.5, 0.6) is 0 Å². The van der Waals surface area contributed by atoms with Crippen LogP contribution in [-0.2, 0) is 17.9 Å². The zero-order valence-corrected chi connectivity index (χ0v) is 19.3. The number of carboxylic acid groups (broad SMARTS) is 1. The lowest BCUT2D eigenvalue weighted by molar-refractivity contribution is -0.137. The molecule has 0 aliphatic heterocycles. The van der Waals surface area contributed by atoms with E-state index in [-0.39, 0.29) is 6.54 Å². The lowest BCUT2D eigenvalue weighted by Crippen LogP contribution is -2.11. The molecule has 0 amide bonds. The lowest BCUT2D eigenvalue weighted by Gasteiger charge is -2.15. The summed E-state index contributed by atoms with van der Waals surface area (Å²) in [7, 11) is 0. The molecule has 2 aromatic heterocycles. The molecule has 0 aliphatic rings. The van der Waals surface area contributed by atoms with Crippen molar-refractivity contribution in [3.05, 3.63) is 41.7 Å². The Hall–Kier alpha value is -3.16. The Kier molecular flexibility index (Phi) is 8.41. The molecule has 0 radical (unpaired) electrons. The number of anilines is 2. The van der Waals surface area contributed by atoms with E-state index < -0.39 is 5.97 Å². The average Bonchev–Trinajstić information content (AvgIpc) is 3.19. The molecule has 0 spiro atoms. The summed E-state index contributed by atoms with van der Waals surface area (Å²) in [5, 5.41) is 15.8. The Morgan fingerprint density at radius 1 is 1.09 bits per heavy atom. The fraction of sp³-hybridized carbons (Fsp3) is 0.500. The number of rotatable bonds is 13. The summed E-state index contributed by atoms with van der Waals surface area (Å²) >= 11 is 0. The van der Waals surface area contributed by atoms with Crippen molar-refractivity contribution < 1.29 is 9.90 Å². The number of imidazole rings is 1. The highest BCUT2D eigenvalue weighted by atomic mass is 16.4. The number of aromatic nitrogens is 4. The monoisotopic (exact) mass is 438 g/mol. The van der Waals surface area contributed by atoms with Crippen molar-refractivity contribution in [3.63, 3.8) is 0 Å². The Bertz CT molecular complexity index is 1020. The third-order valence-corrected chi connectivity index (χ3v) is 5.62. The summed E-state index contributed by atoms with van der Waals surface area (Å²) in [6.45, 7) is 7.75. The molecule has 3 aromatic rings. The number of benzene rings is 1. The normalized spacial score (nSPS) is 12.1. The number of carbonyl (C=O) groups is 1. The van der Waals surface area contributed by atoms with Gasteiger partial charge in [-0.2, -0.15) is 9.97 Å². The van der Waals surface area contributed by atoms with Gasteiger partial charge in [0.15, 0.2) is 17.0 Å². The van der Waals surface area contributed by atoms with Crippen molar-refractivity contribution >= 4 is 28.9 Å². The molecule has 0 fully saturated rings. The fourth-order valence-electron chi connectivity index (χ4n) is 3.84. The second-order valence-electron chi connectivity index (χ2n) is 8.10. The molecule has 1 atom stereocenters. The van der Waals surface area contributed by atoms with Crippen LogP contribution in [0.4, 0.5) is 11.8 Å². The van der Waals surface area contributed by atoms with E-state index in [0.717, 1.165) is 31.4 Å². The molecule has 1 unspecified atom stereocenters. The van der Waals surface area contributed by atoms with Gasteiger partial charge in [0.2, 0.25) is 5.95 Å². The summed E-state index contributed by atoms with van der Waals surface area (Å²) in [5.41, 5.74) is 3.61. The molecule has 0 aliphatic carbocycles. The topological polar surface area (TPSA) is 105 Å². The quantitative estimate of drug-likeness (QED) is 0.321. The van der Waals surface area contributed by atoms with Gasteiger partial charge in [0.1, 0.15) is 6.54 Å². The molecule has 3 rings (SSSR count). The molecule has 8 heteroatoms. The number of carboxylic acids is 1. The molecule has 3 N–H and O–H groups in total. The van der Waals surface area contributed by atoms with Crippen LogP contribution < -0.4 is 10.6 Å². The van der Waals surface area contributed by atoms with Crippen molar-refractivity contribution in [2.45, 2.75) is 71.9 Å². The maximum atomic E-state index is 11.2. The highest BCUT2D eigenvalue weighted by molar-refractivity contribution is 5.85. The van der Waals surface area contributed by atoms with Gasteiger partial charge in [0.25, 0.3) is 0 Å².